The lowest BCUT2D eigenvalue weighted by molar-refractivity contribution is 0.767. The smallest absolute Gasteiger partial charge is 0.211 e. The number of hydrogen-bond donors (Lipinski definition) is 2. The number of nitrogens with two attached hydrogens (primary N) is 2. The van der Waals surface area contributed by atoms with Crippen LogP contribution in [0, 0.1) is 0 Å². The van der Waals surface area contributed by atoms with Gasteiger partial charge in [0.15, 0.2) is 0 Å². The SMILES string of the molecule is CC(=NN=C(N)N)c1cnn(C)c1. The summed E-state index contributed by atoms with van der Waals surface area (Å²) in [4.78, 5) is 0. The van der Waals surface area contributed by atoms with Gasteiger partial charge in [-0.3, -0.25) is 4.68 Å². The van der Waals surface area contributed by atoms with Crippen LogP contribution in [-0.4, -0.2) is 21.5 Å². The van der Waals surface area contributed by atoms with Gasteiger partial charge in [0, 0.05) is 18.8 Å². The largest absolute Gasteiger partial charge is 0.369 e. The molecule has 0 unspecified atom stereocenters. The molecule has 0 atom stereocenters. The molecule has 0 bridgehead atoms. The maximum Gasteiger partial charge on any atom is 0.211 e. The van der Waals surface area contributed by atoms with Crippen molar-refractivity contribution in [1.82, 2.24) is 9.78 Å². The number of aromatic nitrogens is 2. The van der Waals surface area contributed by atoms with Gasteiger partial charge in [-0.15, -0.1) is 5.10 Å². The summed E-state index contributed by atoms with van der Waals surface area (Å²) in [5.74, 6) is -0.0526. The minimum Gasteiger partial charge on any atom is -0.369 e. The molecule has 1 rings (SSSR count). The molecular weight excluding hydrogens is 168 g/mol. The average molecular weight is 180 g/mol. The van der Waals surface area contributed by atoms with E-state index in [2.05, 4.69) is 15.3 Å². The van der Waals surface area contributed by atoms with E-state index in [1.54, 1.807) is 10.9 Å². The van der Waals surface area contributed by atoms with Crippen LogP contribution in [0.5, 0.6) is 0 Å². The van der Waals surface area contributed by atoms with Crippen LogP contribution >= 0.6 is 0 Å². The number of guanidine groups is 1. The molecule has 1 aromatic heterocycles. The zero-order chi connectivity index (χ0) is 9.84. The van der Waals surface area contributed by atoms with E-state index in [4.69, 9.17) is 11.5 Å². The summed E-state index contributed by atoms with van der Waals surface area (Å²) in [6.45, 7) is 1.81. The summed E-state index contributed by atoms with van der Waals surface area (Å²) < 4.78 is 1.68. The van der Waals surface area contributed by atoms with E-state index in [1.807, 2.05) is 20.2 Å². The lowest BCUT2D eigenvalue weighted by atomic mass is 10.2. The van der Waals surface area contributed by atoms with Gasteiger partial charge in [-0.25, -0.2) is 0 Å². The quantitative estimate of drug-likeness (QED) is 0.362. The van der Waals surface area contributed by atoms with Gasteiger partial charge in [-0.2, -0.15) is 10.2 Å². The zero-order valence-corrected chi connectivity index (χ0v) is 7.60. The second kappa shape index (κ2) is 3.70. The first kappa shape index (κ1) is 9.24. The van der Waals surface area contributed by atoms with Crippen molar-refractivity contribution in [3.05, 3.63) is 18.0 Å². The van der Waals surface area contributed by atoms with Crippen molar-refractivity contribution in [2.75, 3.05) is 0 Å². The molecule has 6 heteroatoms. The molecule has 0 fully saturated rings. The minimum absolute atomic E-state index is 0.0526. The summed E-state index contributed by atoms with van der Waals surface area (Å²) in [5, 5.41) is 11.3. The van der Waals surface area contributed by atoms with Crippen molar-refractivity contribution in [3.63, 3.8) is 0 Å². The van der Waals surface area contributed by atoms with E-state index in [1.165, 1.54) is 0 Å². The van der Waals surface area contributed by atoms with Gasteiger partial charge in [0.1, 0.15) is 0 Å². The average Bonchev–Trinajstić information content (AvgIpc) is 2.47. The van der Waals surface area contributed by atoms with Crippen molar-refractivity contribution in [2.45, 2.75) is 6.92 Å². The third-order valence-electron chi connectivity index (χ3n) is 1.44. The highest BCUT2D eigenvalue weighted by Crippen LogP contribution is 1.98. The Kier molecular flexibility index (Phi) is 2.63. The second-order valence-corrected chi connectivity index (χ2v) is 2.61. The van der Waals surface area contributed by atoms with Crippen LogP contribution < -0.4 is 11.5 Å². The van der Waals surface area contributed by atoms with Crippen LogP contribution in [0.25, 0.3) is 0 Å². The first-order valence-corrected chi connectivity index (χ1v) is 3.72. The topological polar surface area (TPSA) is 94.6 Å². The van der Waals surface area contributed by atoms with Crippen molar-refractivity contribution in [2.24, 2.45) is 28.7 Å². The molecule has 70 valence electrons. The Labute approximate surface area is 75.9 Å². The Hall–Kier alpha value is -1.85. The summed E-state index contributed by atoms with van der Waals surface area (Å²) >= 11 is 0. The summed E-state index contributed by atoms with van der Waals surface area (Å²) in [7, 11) is 1.83. The third kappa shape index (κ3) is 2.58. The van der Waals surface area contributed by atoms with Gasteiger partial charge in [0.05, 0.1) is 11.9 Å². The van der Waals surface area contributed by atoms with E-state index < -0.39 is 0 Å². The second-order valence-electron chi connectivity index (χ2n) is 2.61. The number of hydrogen-bond acceptors (Lipinski definition) is 3. The standard InChI is InChI=1S/C7H12N6/c1-5(11-12-7(8)9)6-3-10-13(2)4-6/h3-4H,1-2H3,(H4,8,9,12). The molecule has 13 heavy (non-hydrogen) atoms. The fraction of sp³-hybridized carbons (Fsp3) is 0.286. The molecule has 0 amide bonds. The van der Waals surface area contributed by atoms with Gasteiger partial charge >= 0.3 is 0 Å². The summed E-state index contributed by atoms with van der Waals surface area (Å²) in [5.41, 5.74) is 11.9. The zero-order valence-electron chi connectivity index (χ0n) is 7.60. The van der Waals surface area contributed by atoms with Crippen LogP contribution in [-0.2, 0) is 7.05 Å². The van der Waals surface area contributed by atoms with Crippen LogP contribution in [0.2, 0.25) is 0 Å². The molecule has 1 heterocycles. The third-order valence-corrected chi connectivity index (χ3v) is 1.44. The molecule has 4 N–H and O–H groups in total. The highest BCUT2D eigenvalue weighted by molar-refractivity contribution is 5.98. The van der Waals surface area contributed by atoms with Crippen LogP contribution in [0.15, 0.2) is 22.6 Å². The highest BCUT2D eigenvalue weighted by atomic mass is 15.3. The molecule has 0 saturated carbocycles. The molecule has 0 aliphatic carbocycles. The Morgan fingerprint density at radius 3 is 2.62 bits per heavy atom. The number of aryl methyl sites for hydroxylation is 1. The van der Waals surface area contributed by atoms with Gasteiger partial charge in [0.25, 0.3) is 0 Å². The fourth-order valence-electron chi connectivity index (χ4n) is 0.799. The van der Waals surface area contributed by atoms with Crippen molar-refractivity contribution in [1.29, 1.82) is 0 Å². The van der Waals surface area contributed by atoms with E-state index >= 15 is 0 Å². The maximum absolute atomic E-state index is 5.12. The van der Waals surface area contributed by atoms with Crippen LogP contribution in [0.4, 0.5) is 0 Å². The Balaban J connectivity index is 2.85. The van der Waals surface area contributed by atoms with E-state index in [-0.39, 0.29) is 5.96 Å². The monoisotopic (exact) mass is 180 g/mol. The molecule has 0 radical (unpaired) electrons. The van der Waals surface area contributed by atoms with E-state index in [0.29, 0.717) is 0 Å². The molecular formula is C7H12N6. The predicted molar refractivity (Wildman–Crippen MR) is 51.2 cm³/mol. The molecule has 0 aliphatic heterocycles. The van der Waals surface area contributed by atoms with E-state index in [0.717, 1.165) is 11.3 Å². The first-order chi connectivity index (χ1) is 6.09. The van der Waals surface area contributed by atoms with Crippen LogP contribution in [0.3, 0.4) is 0 Å². The molecule has 0 aliphatic rings. The number of nitrogens with zero attached hydrogens (tertiary/aromatic N) is 4. The normalized spacial score (nSPS) is 11.4. The first-order valence-electron chi connectivity index (χ1n) is 3.72. The lowest BCUT2D eigenvalue weighted by Crippen LogP contribution is -2.22. The van der Waals surface area contributed by atoms with Crippen molar-refractivity contribution < 1.29 is 0 Å². The summed E-state index contributed by atoms with van der Waals surface area (Å²) in [6, 6.07) is 0. The lowest BCUT2D eigenvalue weighted by Gasteiger charge is -1.91. The highest BCUT2D eigenvalue weighted by Gasteiger charge is 1.98. The molecule has 0 spiro atoms. The molecule has 0 saturated heterocycles. The van der Waals surface area contributed by atoms with Gasteiger partial charge in [0.2, 0.25) is 5.96 Å². The predicted octanol–water partition coefficient (Wildman–Crippen LogP) is -0.582. The Bertz CT molecular complexity index is 344. The Morgan fingerprint density at radius 2 is 2.15 bits per heavy atom. The molecule has 0 aromatic carbocycles. The molecule has 6 nitrogen and oxygen atoms in total. The van der Waals surface area contributed by atoms with Crippen molar-refractivity contribution in [3.8, 4) is 0 Å². The maximum atomic E-state index is 5.12. The van der Waals surface area contributed by atoms with Crippen molar-refractivity contribution >= 4 is 11.7 Å². The fourth-order valence-corrected chi connectivity index (χ4v) is 0.799. The molecule has 1 aromatic rings. The van der Waals surface area contributed by atoms with Crippen LogP contribution in [0.1, 0.15) is 12.5 Å². The van der Waals surface area contributed by atoms with Gasteiger partial charge < -0.3 is 11.5 Å². The van der Waals surface area contributed by atoms with Gasteiger partial charge in [-0.1, -0.05) is 0 Å². The minimum atomic E-state index is -0.0526. The van der Waals surface area contributed by atoms with Gasteiger partial charge in [-0.05, 0) is 6.92 Å². The van der Waals surface area contributed by atoms with E-state index in [9.17, 15) is 0 Å². The Morgan fingerprint density at radius 1 is 1.46 bits per heavy atom. The number of rotatable bonds is 2. The summed E-state index contributed by atoms with van der Waals surface area (Å²) in [6.07, 6.45) is 3.53.